The predicted molar refractivity (Wildman–Crippen MR) is 95.3 cm³/mol. The fourth-order valence-corrected chi connectivity index (χ4v) is 3.40. The molecule has 3 unspecified atom stereocenters. The van der Waals surface area contributed by atoms with Crippen LogP contribution in [-0.4, -0.2) is 59.2 Å². The Kier molecular flexibility index (Phi) is 6.40. The number of rotatable bonds is 4. The number of ether oxygens (including phenoxy) is 2. The van der Waals surface area contributed by atoms with Gasteiger partial charge in [-0.3, -0.25) is 15.1 Å². The Morgan fingerprint density at radius 1 is 1.26 bits per heavy atom. The highest BCUT2D eigenvalue weighted by Gasteiger charge is 2.49. The number of carboxylic acid groups (broad SMARTS) is 2. The highest BCUT2D eigenvalue weighted by atomic mass is 35.5. The number of hydrogen-bond acceptors (Lipinski definition) is 7. The first-order chi connectivity index (χ1) is 12.7. The summed E-state index contributed by atoms with van der Waals surface area (Å²) >= 11 is 5.97. The first kappa shape index (κ1) is 20.7. The van der Waals surface area contributed by atoms with E-state index in [-0.39, 0.29) is 17.1 Å². The van der Waals surface area contributed by atoms with Gasteiger partial charge < -0.3 is 19.7 Å². The second-order valence-electron chi connectivity index (χ2n) is 5.64. The van der Waals surface area contributed by atoms with Crippen LogP contribution in [0.1, 0.15) is 13.8 Å². The van der Waals surface area contributed by atoms with E-state index in [2.05, 4.69) is 15.0 Å². The zero-order valence-electron chi connectivity index (χ0n) is 14.9. The van der Waals surface area contributed by atoms with Crippen molar-refractivity contribution in [2.75, 3.05) is 13.7 Å². The standard InChI is InChI=1S/C13H11ClN2O5.C4H8O2/c1-21-5-3-2-4(12(17)18)6-7-8(13(19)20)10(14)16-11(7)15-9(5)6;1-3-6-4(2)5/h2-3,6,10-11,16H,1H3,(H,17,18)(H,19,20);3H2,1-2H3. The second-order valence-corrected chi connectivity index (χ2v) is 6.08. The number of esters is 1. The number of allylic oxidation sites excluding steroid dienone is 3. The Labute approximate surface area is 160 Å². The van der Waals surface area contributed by atoms with Crippen molar-refractivity contribution in [3.05, 3.63) is 34.6 Å². The number of aliphatic carboxylic acids is 2. The van der Waals surface area contributed by atoms with Gasteiger partial charge in [0.2, 0.25) is 0 Å². The Hall–Kier alpha value is -2.65. The van der Waals surface area contributed by atoms with Crippen LogP contribution in [-0.2, 0) is 23.9 Å². The third-order valence-electron chi connectivity index (χ3n) is 4.04. The molecule has 0 radical (unpaired) electrons. The molecule has 0 fully saturated rings. The normalized spacial score (nSPS) is 25.2. The van der Waals surface area contributed by atoms with E-state index in [1.165, 1.54) is 26.2 Å². The van der Waals surface area contributed by atoms with Gasteiger partial charge in [0.15, 0.2) is 0 Å². The molecule has 3 rings (SSSR count). The largest absolute Gasteiger partial charge is 0.495 e. The van der Waals surface area contributed by atoms with Crippen molar-refractivity contribution in [1.29, 1.82) is 0 Å². The fraction of sp³-hybridized carbons (Fsp3) is 0.412. The maximum atomic E-state index is 11.4. The zero-order valence-corrected chi connectivity index (χ0v) is 15.6. The molecule has 0 saturated carbocycles. The van der Waals surface area contributed by atoms with Crippen molar-refractivity contribution in [1.82, 2.24) is 5.32 Å². The van der Waals surface area contributed by atoms with E-state index < -0.39 is 29.5 Å². The van der Waals surface area contributed by atoms with Gasteiger partial charge in [-0.25, -0.2) is 9.59 Å². The number of carboxylic acids is 2. The lowest BCUT2D eigenvalue weighted by Gasteiger charge is -2.21. The van der Waals surface area contributed by atoms with Crippen molar-refractivity contribution >= 4 is 35.2 Å². The van der Waals surface area contributed by atoms with Crippen LogP contribution in [0.15, 0.2) is 39.6 Å². The molecular formula is C17H19ClN2O7. The summed E-state index contributed by atoms with van der Waals surface area (Å²) in [6.07, 6.45) is 2.28. The lowest BCUT2D eigenvalue weighted by Crippen LogP contribution is -2.27. The topological polar surface area (TPSA) is 135 Å². The monoisotopic (exact) mass is 398 g/mol. The van der Waals surface area contributed by atoms with Crippen LogP contribution in [0.2, 0.25) is 0 Å². The Morgan fingerprint density at radius 2 is 1.93 bits per heavy atom. The third-order valence-corrected chi connectivity index (χ3v) is 4.38. The van der Waals surface area contributed by atoms with Crippen LogP contribution in [0.25, 0.3) is 0 Å². The molecule has 27 heavy (non-hydrogen) atoms. The highest BCUT2D eigenvalue weighted by Crippen LogP contribution is 2.43. The molecule has 1 aliphatic carbocycles. The number of halogens is 1. The quantitative estimate of drug-likeness (QED) is 0.363. The summed E-state index contributed by atoms with van der Waals surface area (Å²) in [5.74, 6) is -2.86. The summed E-state index contributed by atoms with van der Waals surface area (Å²) in [5, 5.41) is 21.5. The fourth-order valence-electron chi connectivity index (χ4n) is 3.06. The summed E-state index contributed by atoms with van der Waals surface area (Å²) in [6, 6.07) is 0. The van der Waals surface area contributed by atoms with Crippen molar-refractivity contribution in [3.63, 3.8) is 0 Å². The number of alkyl halides is 1. The molecular weight excluding hydrogens is 380 g/mol. The molecule has 0 amide bonds. The van der Waals surface area contributed by atoms with E-state index in [1.54, 1.807) is 6.92 Å². The lowest BCUT2D eigenvalue weighted by molar-refractivity contribution is -0.140. The van der Waals surface area contributed by atoms with Gasteiger partial charge in [0.1, 0.15) is 17.4 Å². The van der Waals surface area contributed by atoms with Crippen LogP contribution < -0.4 is 5.32 Å². The Morgan fingerprint density at radius 3 is 2.37 bits per heavy atom. The van der Waals surface area contributed by atoms with Crippen molar-refractivity contribution < 1.29 is 34.1 Å². The van der Waals surface area contributed by atoms with Gasteiger partial charge >= 0.3 is 17.9 Å². The average Bonchev–Trinajstić information content (AvgIpc) is 3.08. The third kappa shape index (κ3) is 4.04. The molecule has 2 aliphatic heterocycles. The number of fused-ring (bicyclic) bond motifs is 3. The number of carbonyl (C=O) groups excluding carboxylic acids is 1. The van der Waals surface area contributed by atoms with Gasteiger partial charge in [-0.1, -0.05) is 0 Å². The van der Waals surface area contributed by atoms with Crippen LogP contribution in [0, 0.1) is 5.92 Å². The molecule has 3 atom stereocenters. The second kappa shape index (κ2) is 8.36. The van der Waals surface area contributed by atoms with Crippen molar-refractivity contribution in [3.8, 4) is 0 Å². The average molecular weight is 399 g/mol. The zero-order chi connectivity index (χ0) is 20.3. The van der Waals surface area contributed by atoms with Crippen molar-refractivity contribution in [2.45, 2.75) is 25.5 Å². The van der Waals surface area contributed by atoms with E-state index in [1.807, 2.05) is 0 Å². The molecule has 10 heteroatoms. The Bertz CT molecular complexity index is 797. The molecule has 146 valence electrons. The molecule has 3 aliphatic rings. The SMILES string of the molecule is CCOC(C)=O.COC1=CC=C(C(=O)O)C2C1=NC1NC(Cl)C(C(=O)O)=C12. The van der Waals surface area contributed by atoms with E-state index in [4.69, 9.17) is 16.3 Å². The number of nitrogens with zero attached hydrogens (tertiary/aromatic N) is 1. The summed E-state index contributed by atoms with van der Waals surface area (Å²) in [6.45, 7) is 3.65. The molecule has 0 aromatic rings. The lowest BCUT2D eigenvalue weighted by atomic mass is 9.82. The number of aliphatic imine (C=N–C) groups is 1. The van der Waals surface area contributed by atoms with Gasteiger partial charge in [-0.2, -0.15) is 0 Å². The number of hydrogen-bond donors (Lipinski definition) is 3. The maximum Gasteiger partial charge on any atom is 0.334 e. The smallest absolute Gasteiger partial charge is 0.334 e. The molecule has 3 N–H and O–H groups in total. The predicted octanol–water partition coefficient (Wildman–Crippen LogP) is 1.06. The van der Waals surface area contributed by atoms with Crippen LogP contribution in [0.5, 0.6) is 0 Å². The number of nitrogens with one attached hydrogen (secondary N) is 1. The van der Waals surface area contributed by atoms with E-state index in [0.29, 0.717) is 23.7 Å². The van der Waals surface area contributed by atoms with Crippen LogP contribution in [0.4, 0.5) is 0 Å². The molecule has 9 nitrogen and oxygen atoms in total. The Balaban J connectivity index is 0.000000380. The van der Waals surface area contributed by atoms with Gasteiger partial charge in [0, 0.05) is 6.92 Å². The minimum absolute atomic E-state index is 0.0464. The molecule has 0 bridgehead atoms. The van der Waals surface area contributed by atoms with E-state index in [9.17, 15) is 24.6 Å². The minimum atomic E-state index is -1.19. The summed E-state index contributed by atoms with van der Waals surface area (Å²) < 4.78 is 9.59. The maximum absolute atomic E-state index is 11.4. The first-order valence-electron chi connectivity index (χ1n) is 8.00. The minimum Gasteiger partial charge on any atom is -0.495 e. The molecule has 0 aromatic heterocycles. The van der Waals surface area contributed by atoms with Gasteiger partial charge in [-0.05, 0) is 24.6 Å². The van der Waals surface area contributed by atoms with Gasteiger partial charge in [0.25, 0.3) is 0 Å². The summed E-state index contributed by atoms with van der Waals surface area (Å²) in [4.78, 5) is 37.0. The summed E-state index contributed by atoms with van der Waals surface area (Å²) in [5.41, 5.74) is -0.117. The van der Waals surface area contributed by atoms with Crippen LogP contribution in [0.3, 0.4) is 0 Å². The van der Waals surface area contributed by atoms with Crippen molar-refractivity contribution in [2.24, 2.45) is 10.9 Å². The molecule has 2 heterocycles. The molecule has 0 saturated heterocycles. The number of methoxy groups -OCH3 is 1. The summed E-state index contributed by atoms with van der Waals surface area (Å²) in [7, 11) is 1.45. The molecule has 0 spiro atoms. The van der Waals surface area contributed by atoms with Crippen LogP contribution >= 0.6 is 11.6 Å². The number of carbonyl (C=O) groups is 3. The van der Waals surface area contributed by atoms with E-state index in [0.717, 1.165) is 0 Å². The van der Waals surface area contributed by atoms with Gasteiger partial charge in [0.05, 0.1) is 36.5 Å². The first-order valence-corrected chi connectivity index (χ1v) is 8.44. The molecule has 0 aromatic carbocycles. The van der Waals surface area contributed by atoms with Gasteiger partial charge in [-0.15, -0.1) is 11.6 Å². The van der Waals surface area contributed by atoms with E-state index >= 15 is 0 Å². The highest BCUT2D eigenvalue weighted by molar-refractivity contribution is 6.26.